The molecule has 1 fully saturated rings. The number of nitrogens with zero attached hydrogens (tertiary/aromatic N) is 3. The van der Waals surface area contributed by atoms with E-state index in [4.69, 9.17) is 0 Å². The summed E-state index contributed by atoms with van der Waals surface area (Å²) in [6.45, 7) is 5.78. The van der Waals surface area contributed by atoms with Crippen molar-refractivity contribution >= 4 is 17.7 Å². The minimum Gasteiger partial charge on any atom is -0.349 e. The number of nitrogens with one attached hydrogen (secondary N) is 1. The molecule has 104 valence electrons. The summed E-state index contributed by atoms with van der Waals surface area (Å²) in [6.07, 6.45) is 4.45. The van der Waals surface area contributed by atoms with Crippen molar-refractivity contribution in [2.45, 2.75) is 24.9 Å². The number of rotatable bonds is 5. The molecule has 1 saturated heterocycles. The summed E-state index contributed by atoms with van der Waals surface area (Å²) in [5.74, 6) is -0.111. The van der Waals surface area contributed by atoms with Gasteiger partial charge in [0.25, 0.3) is 5.91 Å². The average Bonchev–Trinajstić information content (AvgIpc) is 2.91. The third kappa shape index (κ3) is 4.18. The Morgan fingerprint density at radius 3 is 2.84 bits per heavy atom. The minimum absolute atomic E-state index is 0.111. The molecule has 1 aromatic rings. The number of hydrogen-bond donors (Lipinski definition) is 1. The summed E-state index contributed by atoms with van der Waals surface area (Å²) in [5, 5.41) is 3.57. The SMILES string of the molecule is CSc1nc(C)cc(C(=O)NCCN2CCCC2)n1. The Morgan fingerprint density at radius 1 is 1.42 bits per heavy atom. The van der Waals surface area contributed by atoms with Gasteiger partial charge in [-0.1, -0.05) is 11.8 Å². The first kappa shape index (κ1) is 14.3. The predicted octanol–water partition coefficient (Wildman–Crippen LogP) is 1.33. The van der Waals surface area contributed by atoms with Crippen molar-refractivity contribution in [3.63, 3.8) is 0 Å². The van der Waals surface area contributed by atoms with Gasteiger partial charge >= 0.3 is 0 Å². The van der Waals surface area contributed by atoms with Gasteiger partial charge in [-0.05, 0) is 45.2 Å². The molecule has 0 spiro atoms. The van der Waals surface area contributed by atoms with Crippen LogP contribution in [-0.2, 0) is 0 Å². The third-order valence-electron chi connectivity index (χ3n) is 3.16. The highest BCUT2D eigenvalue weighted by molar-refractivity contribution is 7.98. The maximum Gasteiger partial charge on any atom is 0.270 e. The van der Waals surface area contributed by atoms with E-state index >= 15 is 0 Å². The van der Waals surface area contributed by atoms with Gasteiger partial charge in [-0.25, -0.2) is 9.97 Å². The normalized spacial score (nSPS) is 15.7. The number of carbonyl (C=O) groups excluding carboxylic acids is 1. The number of aryl methyl sites for hydroxylation is 1. The zero-order valence-corrected chi connectivity index (χ0v) is 12.3. The molecule has 0 unspecified atom stereocenters. The van der Waals surface area contributed by atoms with Crippen LogP contribution in [0.15, 0.2) is 11.2 Å². The van der Waals surface area contributed by atoms with Crippen LogP contribution in [0.4, 0.5) is 0 Å². The lowest BCUT2D eigenvalue weighted by Gasteiger charge is -2.14. The Hall–Kier alpha value is -1.14. The van der Waals surface area contributed by atoms with Crippen LogP contribution >= 0.6 is 11.8 Å². The highest BCUT2D eigenvalue weighted by Crippen LogP contribution is 2.10. The second kappa shape index (κ2) is 6.86. The van der Waals surface area contributed by atoms with Crippen LogP contribution < -0.4 is 5.32 Å². The van der Waals surface area contributed by atoms with Crippen molar-refractivity contribution < 1.29 is 4.79 Å². The lowest BCUT2D eigenvalue weighted by molar-refractivity contribution is 0.0943. The largest absolute Gasteiger partial charge is 0.349 e. The zero-order chi connectivity index (χ0) is 13.7. The summed E-state index contributed by atoms with van der Waals surface area (Å²) >= 11 is 1.45. The molecule has 1 aliphatic heterocycles. The second-order valence-corrected chi connectivity index (χ2v) is 5.46. The molecule has 2 rings (SSSR count). The van der Waals surface area contributed by atoms with Crippen molar-refractivity contribution in [3.8, 4) is 0 Å². The standard InChI is InChI=1S/C13H20N4OS/c1-10-9-11(16-13(15-10)19-2)12(18)14-5-8-17-6-3-4-7-17/h9H,3-8H2,1-2H3,(H,14,18). The number of aromatic nitrogens is 2. The van der Waals surface area contributed by atoms with E-state index in [0.717, 1.165) is 25.3 Å². The molecule has 0 bridgehead atoms. The van der Waals surface area contributed by atoms with E-state index < -0.39 is 0 Å². The smallest absolute Gasteiger partial charge is 0.270 e. The van der Waals surface area contributed by atoms with E-state index in [9.17, 15) is 4.79 Å². The van der Waals surface area contributed by atoms with E-state index in [1.165, 1.54) is 24.6 Å². The minimum atomic E-state index is -0.111. The van der Waals surface area contributed by atoms with Gasteiger partial charge in [0.2, 0.25) is 0 Å². The van der Waals surface area contributed by atoms with Crippen LogP contribution in [0.25, 0.3) is 0 Å². The summed E-state index contributed by atoms with van der Waals surface area (Å²) < 4.78 is 0. The van der Waals surface area contributed by atoms with Gasteiger partial charge in [-0.3, -0.25) is 4.79 Å². The van der Waals surface area contributed by atoms with Crippen LogP contribution in [0.3, 0.4) is 0 Å². The first-order chi connectivity index (χ1) is 9.19. The average molecular weight is 280 g/mol. The highest BCUT2D eigenvalue weighted by Gasteiger charge is 2.13. The molecular weight excluding hydrogens is 260 g/mol. The van der Waals surface area contributed by atoms with Crippen molar-refractivity contribution in [1.29, 1.82) is 0 Å². The highest BCUT2D eigenvalue weighted by atomic mass is 32.2. The zero-order valence-electron chi connectivity index (χ0n) is 11.5. The maximum atomic E-state index is 12.0. The van der Waals surface area contributed by atoms with E-state index in [1.807, 2.05) is 13.2 Å². The van der Waals surface area contributed by atoms with Crippen LogP contribution in [0.1, 0.15) is 29.0 Å². The van der Waals surface area contributed by atoms with Gasteiger partial charge < -0.3 is 10.2 Å². The number of thioether (sulfide) groups is 1. The lowest BCUT2D eigenvalue weighted by atomic mass is 10.3. The Bertz CT molecular complexity index is 446. The lowest BCUT2D eigenvalue weighted by Crippen LogP contribution is -2.34. The Morgan fingerprint density at radius 2 is 2.16 bits per heavy atom. The Kier molecular flexibility index (Phi) is 5.15. The van der Waals surface area contributed by atoms with Gasteiger partial charge in [-0.15, -0.1) is 0 Å². The summed E-state index contributed by atoms with van der Waals surface area (Å²) in [6, 6.07) is 1.73. The molecule has 1 N–H and O–H groups in total. The summed E-state index contributed by atoms with van der Waals surface area (Å²) in [4.78, 5) is 22.9. The molecular formula is C13H20N4OS. The second-order valence-electron chi connectivity index (χ2n) is 4.69. The van der Waals surface area contributed by atoms with E-state index in [1.54, 1.807) is 6.07 Å². The number of amides is 1. The van der Waals surface area contributed by atoms with Crippen molar-refractivity contribution in [2.75, 3.05) is 32.4 Å². The maximum absolute atomic E-state index is 12.0. The molecule has 1 amide bonds. The van der Waals surface area contributed by atoms with E-state index in [-0.39, 0.29) is 5.91 Å². The van der Waals surface area contributed by atoms with Crippen LogP contribution in [0.5, 0.6) is 0 Å². The number of likely N-dealkylation sites (tertiary alicyclic amines) is 1. The van der Waals surface area contributed by atoms with Crippen molar-refractivity contribution in [3.05, 3.63) is 17.5 Å². The van der Waals surface area contributed by atoms with E-state index in [2.05, 4.69) is 20.2 Å². The van der Waals surface area contributed by atoms with Gasteiger partial charge in [0, 0.05) is 18.8 Å². The fourth-order valence-corrected chi connectivity index (χ4v) is 2.60. The molecule has 0 aromatic carbocycles. The topological polar surface area (TPSA) is 58.1 Å². The van der Waals surface area contributed by atoms with Crippen LogP contribution in [-0.4, -0.2) is 53.2 Å². The summed E-state index contributed by atoms with van der Waals surface area (Å²) in [5.41, 5.74) is 1.28. The first-order valence-electron chi connectivity index (χ1n) is 6.59. The van der Waals surface area contributed by atoms with Crippen molar-refractivity contribution in [2.24, 2.45) is 0 Å². The quantitative estimate of drug-likeness (QED) is 0.651. The van der Waals surface area contributed by atoms with Crippen molar-refractivity contribution in [1.82, 2.24) is 20.2 Å². The molecule has 19 heavy (non-hydrogen) atoms. The number of carbonyl (C=O) groups is 1. The van der Waals surface area contributed by atoms with Gasteiger partial charge in [0.05, 0.1) is 0 Å². The molecule has 0 radical (unpaired) electrons. The summed E-state index contributed by atoms with van der Waals surface area (Å²) in [7, 11) is 0. The molecule has 2 heterocycles. The fraction of sp³-hybridized carbons (Fsp3) is 0.615. The Labute approximate surface area is 118 Å². The molecule has 0 saturated carbocycles. The fourth-order valence-electron chi connectivity index (χ4n) is 2.17. The van der Waals surface area contributed by atoms with Gasteiger partial charge in [0.1, 0.15) is 5.69 Å². The molecule has 5 nitrogen and oxygen atoms in total. The Balaban J connectivity index is 1.86. The number of hydrogen-bond acceptors (Lipinski definition) is 5. The molecule has 0 atom stereocenters. The van der Waals surface area contributed by atoms with Gasteiger partial charge in [-0.2, -0.15) is 0 Å². The monoisotopic (exact) mass is 280 g/mol. The van der Waals surface area contributed by atoms with Crippen LogP contribution in [0, 0.1) is 6.92 Å². The molecule has 1 aliphatic rings. The first-order valence-corrected chi connectivity index (χ1v) is 7.82. The third-order valence-corrected chi connectivity index (χ3v) is 3.71. The predicted molar refractivity (Wildman–Crippen MR) is 76.6 cm³/mol. The van der Waals surface area contributed by atoms with Crippen LogP contribution in [0.2, 0.25) is 0 Å². The molecule has 1 aromatic heterocycles. The van der Waals surface area contributed by atoms with E-state index in [0.29, 0.717) is 17.4 Å². The molecule has 0 aliphatic carbocycles. The van der Waals surface area contributed by atoms with Gasteiger partial charge in [0.15, 0.2) is 5.16 Å². The molecule has 6 heteroatoms.